The maximum absolute atomic E-state index is 13.0. The van der Waals surface area contributed by atoms with Crippen molar-refractivity contribution < 1.29 is 4.79 Å². The van der Waals surface area contributed by atoms with Crippen LogP contribution in [0.1, 0.15) is 43.0 Å². The SMILES string of the molecule is O=C1N(c2ccc(Br)cc2)[C@@H](c2cccs2)C12CCCCC2. The van der Waals surface area contributed by atoms with Gasteiger partial charge in [-0.3, -0.25) is 4.79 Å². The summed E-state index contributed by atoms with van der Waals surface area (Å²) in [7, 11) is 0. The molecule has 1 aliphatic carbocycles. The highest BCUT2D eigenvalue weighted by atomic mass is 79.9. The summed E-state index contributed by atoms with van der Waals surface area (Å²) in [5, 5.41) is 2.12. The Morgan fingerprint density at radius 3 is 2.45 bits per heavy atom. The van der Waals surface area contributed by atoms with Crippen LogP contribution in [0, 0.1) is 5.41 Å². The lowest BCUT2D eigenvalue weighted by Crippen LogP contribution is -2.64. The van der Waals surface area contributed by atoms with Crippen LogP contribution in [0.25, 0.3) is 0 Å². The van der Waals surface area contributed by atoms with E-state index < -0.39 is 0 Å². The summed E-state index contributed by atoms with van der Waals surface area (Å²) in [5.41, 5.74) is 0.874. The smallest absolute Gasteiger partial charge is 0.236 e. The van der Waals surface area contributed by atoms with Crippen molar-refractivity contribution in [2.75, 3.05) is 4.90 Å². The maximum atomic E-state index is 13.0. The molecule has 114 valence electrons. The van der Waals surface area contributed by atoms with Crippen molar-refractivity contribution >= 4 is 38.9 Å². The van der Waals surface area contributed by atoms with Crippen LogP contribution in [0.5, 0.6) is 0 Å². The van der Waals surface area contributed by atoms with E-state index in [1.807, 2.05) is 29.2 Å². The number of amides is 1. The standard InChI is InChI=1S/C18H18BrNOS/c19-13-6-8-14(9-7-13)20-16(15-5-4-12-22-15)18(17(20)21)10-2-1-3-11-18/h4-9,12,16H,1-3,10-11H2/t16-/m0/s1. The molecule has 2 fully saturated rings. The predicted octanol–water partition coefficient (Wildman–Crippen LogP) is 5.55. The molecule has 2 nitrogen and oxygen atoms in total. The lowest BCUT2D eigenvalue weighted by molar-refractivity contribution is -0.143. The molecule has 22 heavy (non-hydrogen) atoms. The van der Waals surface area contributed by atoms with Crippen molar-refractivity contribution in [2.45, 2.75) is 38.1 Å². The molecule has 2 aromatic rings. The highest BCUT2D eigenvalue weighted by molar-refractivity contribution is 9.10. The molecule has 0 radical (unpaired) electrons. The zero-order valence-corrected chi connectivity index (χ0v) is 14.7. The van der Waals surface area contributed by atoms with Gasteiger partial charge >= 0.3 is 0 Å². The van der Waals surface area contributed by atoms with Crippen LogP contribution in [0.2, 0.25) is 0 Å². The molecule has 0 bridgehead atoms. The van der Waals surface area contributed by atoms with Gasteiger partial charge in [0.25, 0.3) is 0 Å². The fourth-order valence-electron chi connectivity index (χ4n) is 4.04. The number of β-lactam (4-membered cyclic amide) rings is 1. The number of benzene rings is 1. The van der Waals surface area contributed by atoms with Gasteiger partial charge in [0, 0.05) is 15.0 Å². The van der Waals surface area contributed by atoms with Crippen molar-refractivity contribution in [2.24, 2.45) is 5.41 Å². The number of nitrogens with zero attached hydrogens (tertiary/aromatic N) is 1. The average molecular weight is 376 g/mol. The summed E-state index contributed by atoms with van der Waals surface area (Å²) in [6.07, 6.45) is 5.72. The van der Waals surface area contributed by atoms with E-state index in [-0.39, 0.29) is 11.5 Å². The molecule has 1 amide bonds. The minimum atomic E-state index is -0.143. The molecule has 1 saturated carbocycles. The van der Waals surface area contributed by atoms with Crippen molar-refractivity contribution in [3.8, 4) is 0 Å². The lowest BCUT2D eigenvalue weighted by atomic mass is 9.61. The van der Waals surface area contributed by atoms with E-state index in [1.165, 1.54) is 24.1 Å². The summed E-state index contributed by atoms with van der Waals surface area (Å²) < 4.78 is 1.05. The second-order valence-electron chi connectivity index (χ2n) is 6.29. The largest absolute Gasteiger partial charge is 0.302 e. The van der Waals surface area contributed by atoms with Gasteiger partial charge in [0.05, 0.1) is 11.5 Å². The molecule has 1 aromatic heterocycles. The highest BCUT2D eigenvalue weighted by Crippen LogP contribution is 2.59. The number of carbonyl (C=O) groups is 1. The van der Waals surface area contributed by atoms with Crippen molar-refractivity contribution in [3.05, 3.63) is 51.1 Å². The van der Waals surface area contributed by atoms with Crippen LogP contribution in [0.3, 0.4) is 0 Å². The Labute approximate surface area is 143 Å². The number of rotatable bonds is 2. The molecule has 2 heterocycles. The number of hydrogen-bond donors (Lipinski definition) is 0. The Morgan fingerprint density at radius 2 is 1.82 bits per heavy atom. The molecule has 1 saturated heterocycles. The van der Waals surface area contributed by atoms with Crippen LogP contribution >= 0.6 is 27.3 Å². The quantitative estimate of drug-likeness (QED) is 0.630. The highest BCUT2D eigenvalue weighted by Gasteiger charge is 2.61. The maximum Gasteiger partial charge on any atom is 0.236 e. The Bertz CT molecular complexity index is 674. The zero-order valence-electron chi connectivity index (χ0n) is 12.3. The molecule has 1 aliphatic heterocycles. The lowest BCUT2D eigenvalue weighted by Gasteiger charge is -2.57. The van der Waals surface area contributed by atoms with Crippen molar-refractivity contribution in [1.82, 2.24) is 0 Å². The molecule has 1 spiro atoms. The Balaban J connectivity index is 1.75. The first-order valence-corrected chi connectivity index (χ1v) is 9.52. The first-order chi connectivity index (χ1) is 10.7. The summed E-state index contributed by atoms with van der Waals surface area (Å²) >= 11 is 5.25. The fraction of sp³-hybridized carbons (Fsp3) is 0.389. The van der Waals surface area contributed by atoms with Gasteiger partial charge in [-0.1, -0.05) is 41.3 Å². The van der Waals surface area contributed by atoms with Gasteiger partial charge in [0.15, 0.2) is 0 Å². The Kier molecular flexibility index (Phi) is 3.61. The number of halogens is 1. The van der Waals surface area contributed by atoms with E-state index in [9.17, 15) is 4.79 Å². The number of thiophene rings is 1. The van der Waals surface area contributed by atoms with E-state index in [4.69, 9.17) is 0 Å². The van der Waals surface area contributed by atoms with Gasteiger partial charge in [-0.25, -0.2) is 0 Å². The monoisotopic (exact) mass is 375 g/mol. The van der Waals surface area contributed by atoms with Crippen LogP contribution < -0.4 is 4.90 Å². The molecule has 4 heteroatoms. The second-order valence-corrected chi connectivity index (χ2v) is 8.18. The summed E-state index contributed by atoms with van der Waals surface area (Å²) in [6, 6.07) is 12.6. The minimum Gasteiger partial charge on any atom is -0.302 e. The first kappa shape index (κ1) is 14.5. The molecular weight excluding hydrogens is 358 g/mol. The molecule has 0 N–H and O–H groups in total. The third-order valence-electron chi connectivity index (χ3n) is 5.09. The molecule has 0 unspecified atom stereocenters. The Hall–Kier alpha value is -1.13. The summed E-state index contributed by atoms with van der Waals surface area (Å²) in [6.45, 7) is 0. The molecular formula is C18H18BrNOS. The van der Waals surface area contributed by atoms with Crippen LogP contribution in [-0.4, -0.2) is 5.91 Å². The van der Waals surface area contributed by atoms with Crippen LogP contribution in [0.15, 0.2) is 46.3 Å². The van der Waals surface area contributed by atoms with Gasteiger partial charge in [-0.05, 0) is 48.6 Å². The molecule has 1 aromatic carbocycles. The van der Waals surface area contributed by atoms with Crippen molar-refractivity contribution in [1.29, 1.82) is 0 Å². The molecule has 2 aliphatic rings. The second kappa shape index (κ2) is 5.50. The van der Waals surface area contributed by atoms with Gasteiger partial charge < -0.3 is 4.90 Å². The van der Waals surface area contributed by atoms with Gasteiger partial charge in [-0.2, -0.15) is 0 Å². The predicted molar refractivity (Wildman–Crippen MR) is 94.2 cm³/mol. The molecule has 4 rings (SSSR count). The van der Waals surface area contributed by atoms with Gasteiger partial charge in [0.1, 0.15) is 0 Å². The third kappa shape index (κ3) is 2.08. The number of carbonyl (C=O) groups excluding carboxylic acids is 1. The minimum absolute atomic E-state index is 0.143. The summed E-state index contributed by atoms with van der Waals surface area (Å²) in [5.74, 6) is 0.327. The van der Waals surface area contributed by atoms with E-state index in [1.54, 1.807) is 11.3 Å². The number of anilines is 1. The number of hydrogen-bond acceptors (Lipinski definition) is 2. The van der Waals surface area contributed by atoms with Crippen molar-refractivity contribution in [3.63, 3.8) is 0 Å². The van der Waals surface area contributed by atoms with Crippen LogP contribution in [-0.2, 0) is 4.79 Å². The topological polar surface area (TPSA) is 20.3 Å². The van der Waals surface area contributed by atoms with E-state index in [2.05, 4.69) is 33.4 Å². The molecule has 1 atom stereocenters. The van der Waals surface area contributed by atoms with Gasteiger partial charge in [-0.15, -0.1) is 11.3 Å². The first-order valence-electron chi connectivity index (χ1n) is 7.85. The fourth-order valence-corrected chi connectivity index (χ4v) is 5.24. The average Bonchev–Trinajstić information content (AvgIpc) is 3.07. The van der Waals surface area contributed by atoms with Gasteiger partial charge in [0.2, 0.25) is 5.91 Å². The third-order valence-corrected chi connectivity index (χ3v) is 6.54. The Morgan fingerprint density at radius 1 is 1.09 bits per heavy atom. The van der Waals surface area contributed by atoms with E-state index >= 15 is 0 Å². The summed E-state index contributed by atoms with van der Waals surface area (Å²) in [4.78, 5) is 16.4. The zero-order chi connectivity index (χ0) is 15.2. The van der Waals surface area contributed by atoms with E-state index in [0.29, 0.717) is 5.91 Å². The van der Waals surface area contributed by atoms with Crippen LogP contribution in [0.4, 0.5) is 5.69 Å². The normalized spacial score (nSPS) is 23.6. The van der Waals surface area contributed by atoms with E-state index in [0.717, 1.165) is 23.0 Å².